The van der Waals surface area contributed by atoms with E-state index in [1.54, 1.807) is 36.4 Å². The van der Waals surface area contributed by atoms with E-state index in [9.17, 15) is 9.59 Å². The summed E-state index contributed by atoms with van der Waals surface area (Å²) in [5, 5.41) is 4.55. The van der Waals surface area contributed by atoms with E-state index in [1.165, 1.54) is 12.7 Å². The van der Waals surface area contributed by atoms with Crippen LogP contribution < -0.4 is 20.5 Å². The zero-order valence-corrected chi connectivity index (χ0v) is 43.7. The van der Waals surface area contributed by atoms with E-state index in [4.69, 9.17) is 72.6 Å². The molecule has 4 aromatic rings. The lowest BCUT2D eigenvalue weighted by Gasteiger charge is -2.45. The van der Waals surface area contributed by atoms with Crippen LogP contribution in [0.15, 0.2) is 49.1 Å². The summed E-state index contributed by atoms with van der Waals surface area (Å²) in [4.78, 5) is 53.5. The van der Waals surface area contributed by atoms with Crippen LogP contribution >= 0.6 is 34.8 Å². The summed E-state index contributed by atoms with van der Waals surface area (Å²) < 4.78 is 24.3. The molecule has 4 bridgehead atoms. The Morgan fingerprint density at radius 1 is 0.690 bits per heavy atom. The molecule has 6 unspecified atom stereocenters. The summed E-state index contributed by atoms with van der Waals surface area (Å²) in [5.41, 5.74) is 8.11. The lowest BCUT2D eigenvalue weighted by atomic mass is 9.84. The second-order valence-electron chi connectivity index (χ2n) is 21.4. The van der Waals surface area contributed by atoms with E-state index in [1.807, 2.05) is 65.2 Å². The second kappa shape index (κ2) is 20.0. The van der Waals surface area contributed by atoms with Gasteiger partial charge in [0, 0.05) is 59.1 Å². The molecule has 2 aliphatic carbocycles. The van der Waals surface area contributed by atoms with Gasteiger partial charge >= 0.3 is 12.2 Å². The molecule has 6 aliphatic rings. The summed E-state index contributed by atoms with van der Waals surface area (Å²) in [7, 11) is 0. The molecule has 16 nitrogen and oxygen atoms in total. The molecule has 2 aromatic heterocycles. The van der Waals surface area contributed by atoms with Crippen molar-refractivity contribution in [1.82, 2.24) is 29.7 Å². The van der Waals surface area contributed by atoms with E-state index in [2.05, 4.69) is 34.9 Å². The van der Waals surface area contributed by atoms with Crippen molar-refractivity contribution < 1.29 is 28.5 Å². The zero-order chi connectivity index (χ0) is 51.2. The van der Waals surface area contributed by atoms with Gasteiger partial charge in [-0.05, 0) is 131 Å². The minimum absolute atomic E-state index is 0.0123. The fraction of sp³-hybridized carbons (Fsp3) is 0.538. The van der Waals surface area contributed by atoms with Gasteiger partial charge in [0.1, 0.15) is 47.0 Å². The normalized spacial score (nSPS) is 23.7. The first-order chi connectivity index (χ1) is 33.6. The summed E-state index contributed by atoms with van der Waals surface area (Å²) >= 11 is 18.1. The van der Waals surface area contributed by atoms with E-state index in [0.29, 0.717) is 55.5 Å². The molecule has 6 heterocycles. The summed E-state index contributed by atoms with van der Waals surface area (Å²) in [6.45, 7) is 29.0. The molecule has 6 atom stereocenters. The van der Waals surface area contributed by atoms with Crippen LogP contribution in [-0.2, 0) is 9.47 Å². The highest BCUT2D eigenvalue weighted by Crippen LogP contribution is 2.63. The fourth-order valence-corrected chi connectivity index (χ4v) is 11.3. The Hall–Kier alpha value is -5.81. The van der Waals surface area contributed by atoms with Crippen LogP contribution in [0.5, 0.6) is 11.8 Å². The van der Waals surface area contributed by atoms with Crippen LogP contribution in [0.2, 0.25) is 15.2 Å². The Morgan fingerprint density at radius 2 is 1.15 bits per heavy atom. The number of aromatic nitrogens is 4. The van der Waals surface area contributed by atoms with Gasteiger partial charge in [0.25, 0.3) is 0 Å². The van der Waals surface area contributed by atoms with Crippen LogP contribution in [0.1, 0.15) is 117 Å². The molecule has 2 spiro atoms. The maximum Gasteiger partial charge on any atom is 0.410 e. The Balaban J connectivity index is 0.000000164. The van der Waals surface area contributed by atoms with Gasteiger partial charge < -0.3 is 39.8 Å². The quantitative estimate of drug-likeness (QED) is 0.106. The van der Waals surface area contributed by atoms with Crippen molar-refractivity contribution in [2.75, 3.05) is 11.1 Å². The van der Waals surface area contributed by atoms with Crippen LogP contribution in [0.25, 0.3) is 9.69 Å². The maximum atomic E-state index is 13.0. The van der Waals surface area contributed by atoms with E-state index in [-0.39, 0.29) is 59.4 Å². The number of fused-ring (bicyclic) bond motifs is 6. The molecule has 2 aromatic carbocycles. The van der Waals surface area contributed by atoms with Gasteiger partial charge in [-0.25, -0.2) is 39.2 Å². The first kappa shape index (κ1) is 51.5. The van der Waals surface area contributed by atoms with Gasteiger partial charge in [-0.15, -0.1) is 0 Å². The molecule has 10 rings (SSSR count). The number of carbonyl (C=O) groups is 2. The first-order valence-electron chi connectivity index (χ1n) is 24.1. The number of carbonyl (C=O) groups excluding carboxylic acids is 2. The molecule has 376 valence electrons. The number of benzene rings is 2. The Morgan fingerprint density at radius 3 is 1.61 bits per heavy atom. The van der Waals surface area contributed by atoms with Crippen molar-refractivity contribution in [3.63, 3.8) is 0 Å². The van der Waals surface area contributed by atoms with Gasteiger partial charge in [0.15, 0.2) is 11.4 Å². The Bertz CT molecular complexity index is 2760. The topological polar surface area (TPSA) is 176 Å². The minimum Gasteiger partial charge on any atom is -0.473 e. The average molecular weight is 1030 g/mol. The third-order valence-corrected chi connectivity index (χ3v) is 15.4. The zero-order valence-electron chi connectivity index (χ0n) is 41.4. The largest absolute Gasteiger partial charge is 0.473 e. The second-order valence-corrected chi connectivity index (χ2v) is 22.6. The molecule has 71 heavy (non-hydrogen) atoms. The lowest BCUT2D eigenvalue weighted by Crippen LogP contribution is -2.57. The number of anilines is 3. The highest BCUT2D eigenvalue weighted by Gasteiger charge is 2.67. The number of nitrogens with two attached hydrogens (primary N) is 1. The van der Waals surface area contributed by atoms with Crippen molar-refractivity contribution in [3.8, 4) is 11.8 Å². The summed E-state index contributed by atoms with van der Waals surface area (Å²) in [6, 6.07) is 10.5. The summed E-state index contributed by atoms with van der Waals surface area (Å²) in [5.74, 6) is 1.70. The number of hydrogen-bond donors (Lipinski definition) is 2. The number of nitrogen functional groups attached to an aromatic ring is 1. The fourth-order valence-electron chi connectivity index (χ4n) is 10.7. The van der Waals surface area contributed by atoms with Crippen molar-refractivity contribution in [2.24, 2.45) is 10.8 Å². The molecular weight excluding hydrogens is 967 g/mol. The Kier molecular flexibility index (Phi) is 14.5. The van der Waals surface area contributed by atoms with Gasteiger partial charge in [-0.2, -0.15) is 0 Å². The molecule has 6 fully saturated rings. The van der Waals surface area contributed by atoms with Crippen molar-refractivity contribution in [3.05, 3.63) is 98.2 Å². The molecule has 0 radical (unpaired) electrons. The number of ether oxygens (including phenoxy) is 4. The standard InChI is InChI=1S/C26H30ClN5O3.C19H26ClN3O3.C7H5ClN2/c1-15-22(31-19-8-6-16(28-5)12-18(19)27)29-14-30-23(15)34-21-13-17-7-9-20(26(21)10-11-26)32(17)24(33)35-25(2,3)4;1-11-15(20)21-10-22-16(11)25-14-9-12-5-6-13(19(14)7-8-19)23(12)17(24)26-18(2,3)4;1-10-5-2-3-7(9)6(8)4-5/h6,8,12,14,17,20-21H,7,9-11,13H2,1-4H3,(H,29,30,31);10,12-14H,5-9H2,1-4H3;2-4H,9H2. The van der Waals surface area contributed by atoms with Gasteiger partial charge in [0.2, 0.25) is 11.8 Å². The van der Waals surface area contributed by atoms with Crippen LogP contribution in [-0.4, -0.2) is 89.5 Å². The highest BCUT2D eigenvalue weighted by atomic mass is 35.5. The first-order valence-corrected chi connectivity index (χ1v) is 25.2. The summed E-state index contributed by atoms with van der Waals surface area (Å²) in [6.07, 6.45) is 12.4. The number of hydrogen-bond acceptors (Lipinski definition) is 12. The minimum atomic E-state index is -0.513. The third-order valence-electron chi connectivity index (χ3n) is 14.4. The lowest BCUT2D eigenvalue weighted by molar-refractivity contribution is -0.0411. The van der Waals surface area contributed by atoms with Crippen molar-refractivity contribution in [2.45, 2.75) is 167 Å². The number of rotatable bonds is 6. The highest BCUT2D eigenvalue weighted by molar-refractivity contribution is 6.34. The molecule has 3 N–H and O–H groups in total. The number of amides is 2. The van der Waals surface area contributed by atoms with Crippen LogP contribution in [0.3, 0.4) is 0 Å². The van der Waals surface area contributed by atoms with Crippen LogP contribution in [0, 0.1) is 37.8 Å². The molecule has 19 heteroatoms. The predicted molar refractivity (Wildman–Crippen MR) is 273 cm³/mol. The smallest absolute Gasteiger partial charge is 0.410 e. The molecule has 2 amide bonds. The SMILES string of the molecule is Cc1c(Cl)ncnc1OC1CC2CCC(N2C(=O)OC(C)(C)C)C12CC2.[C-]#[N+]c1ccc(N)c(Cl)c1.[C-]#[N+]c1ccc(Nc2ncnc(OC3CC4CCC(N4C(=O)OC(C)(C)C)C34CC4)c2C)c(Cl)c1. The average Bonchev–Trinajstić information content (AvgIpc) is 4.22. The van der Waals surface area contributed by atoms with Gasteiger partial charge in [-0.3, -0.25) is 0 Å². The molecule has 4 aliphatic heterocycles. The molecule has 2 saturated carbocycles. The third kappa shape index (κ3) is 11.0. The van der Waals surface area contributed by atoms with E-state index < -0.39 is 11.2 Å². The Labute approximate surface area is 430 Å². The monoisotopic (exact) mass is 1030 g/mol. The predicted octanol–water partition coefficient (Wildman–Crippen LogP) is 13.0. The van der Waals surface area contributed by atoms with E-state index >= 15 is 0 Å². The van der Waals surface area contributed by atoms with Gasteiger partial charge in [0.05, 0.1) is 34.4 Å². The van der Waals surface area contributed by atoms with Crippen molar-refractivity contribution in [1.29, 1.82) is 0 Å². The van der Waals surface area contributed by atoms with E-state index in [0.717, 1.165) is 75.3 Å². The number of piperidine rings is 2. The van der Waals surface area contributed by atoms with Crippen molar-refractivity contribution >= 4 is 75.6 Å². The molecule has 4 saturated heterocycles. The maximum absolute atomic E-state index is 13.0. The number of nitrogens with one attached hydrogen (secondary N) is 1. The number of nitrogens with zero attached hydrogens (tertiary/aromatic N) is 8. The molecular formula is C52H61Cl3N10O6. The van der Waals surface area contributed by atoms with Gasteiger partial charge in [-0.1, -0.05) is 46.9 Å². The number of halogens is 3. The van der Waals surface area contributed by atoms with Crippen LogP contribution in [0.4, 0.5) is 38.2 Å².